The first-order valence-corrected chi connectivity index (χ1v) is 8.24. The summed E-state index contributed by atoms with van der Waals surface area (Å²) in [6.45, 7) is 2.33. The molecule has 0 aliphatic carbocycles. The predicted octanol–water partition coefficient (Wildman–Crippen LogP) is 1.76. The minimum atomic E-state index is -1.18. The number of aromatic hydroxyl groups is 1. The number of ketones is 2. The normalized spacial score (nSPS) is 17.8. The number of hydrogen-bond donors (Lipinski definition) is 1. The number of nitrogens with zero attached hydrogens (tertiary/aromatic N) is 2. The van der Waals surface area contributed by atoms with Crippen LogP contribution in [0.1, 0.15) is 18.4 Å². The van der Waals surface area contributed by atoms with Gasteiger partial charge in [-0.25, -0.2) is 13.8 Å². The molecule has 0 radical (unpaired) electrons. The molecule has 0 atom stereocenters. The molecule has 1 aromatic carbocycles. The van der Waals surface area contributed by atoms with Crippen LogP contribution in [0.5, 0.6) is 5.75 Å². The Morgan fingerprint density at radius 1 is 1.19 bits per heavy atom. The second kappa shape index (κ2) is 7.74. The molecule has 1 aromatic rings. The molecular weight excluding hydrogens is 346 g/mol. The van der Waals surface area contributed by atoms with Crippen molar-refractivity contribution >= 4 is 17.3 Å². The van der Waals surface area contributed by atoms with Crippen molar-refractivity contribution in [3.8, 4) is 5.75 Å². The van der Waals surface area contributed by atoms with Gasteiger partial charge >= 0.3 is 0 Å². The van der Waals surface area contributed by atoms with Gasteiger partial charge in [-0.1, -0.05) is 0 Å². The largest absolute Gasteiger partial charge is 0.508 e. The second-order valence-electron chi connectivity index (χ2n) is 6.21. The molecule has 0 unspecified atom stereocenters. The molecule has 6 nitrogen and oxygen atoms in total. The zero-order chi connectivity index (χ0) is 18.7. The SMILES string of the molecule is O=C1C=C(N2CCOCC2)N=C(CC(=O)Cc2cc(F)c(F)cc2O)C1. The third kappa shape index (κ3) is 4.32. The number of phenolic OH excluding ortho intramolecular Hbond substituents is 1. The monoisotopic (exact) mass is 364 g/mol. The topological polar surface area (TPSA) is 79.2 Å². The van der Waals surface area contributed by atoms with Crippen LogP contribution in [0, 0.1) is 11.6 Å². The molecule has 2 aliphatic rings. The molecule has 1 saturated heterocycles. The summed E-state index contributed by atoms with van der Waals surface area (Å²) >= 11 is 0. The zero-order valence-corrected chi connectivity index (χ0v) is 14.0. The lowest BCUT2D eigenvalue weighted by atomic mass is 10.00. The molecule has 2 heterocycles. The van der Waals surface area contributed by atoms with Gasteiger partial charge in [0.2, 0.25) is 0 Å². The van der Waals surface area contributed by atoms with Crippen molar-refractivity contribution in [1.29, 1.82) is 0 Å². The van der Waals surface area contributed by atoms with Crippen LogP contribution in [0.2, 0.25) is 0 Å². The van der Waals surface area contributed by atoms with Gasteiger partial charge < -0.3 is 14.7 Å². The van der Waals surface area contributed by atoms with E-state index in [0.29, 0.717) is 43.9 Å². The molecule has 3 rings (SSSR count). The van der Waals surface area contributed by atoms with E-state index in [4.69, 9.17) is 4.74 Å². The zero-order valence-electron chi connectivity index (χ0n) is 14.0. The van der Waals surface area contributed by atoms with E-state index in [9.17, 15) is 23.5 Å². The Balaban J connectivity index is 1.68. The van der Waals surface area contributed by atoms with Crippen molar-refractivity contribution in [1.82, 2.24) is 4.90 Å². The molecule has 2 aliphatic heterocycles. The Labute approximate surface area is 148 Å². The minimum Gasteiger partial charge on any atom is -0.508 e. The summed E-state index contributed by atoms with van der Waals surface area (Å²) < 4.78 is 31.6. The molecule has 138 valence electrons. The number of Topliss-reactive ketones (excluding diaryl/α,β-unsaturated/α-hetero) is 1. The third-order valence-corrected chi connectivity index (χ3v) is 4.19. The standard InChI is InChI=1S/C18H18F2N2O4/c19-15-6-11(17(25)10-16(15)20)5-13(23)7-12-8-14(24)9-18(21-12)22-1-3-26-4-2-22/h6,9-10,25H,1-5,7-8H2. The molecule has 1 N–H and O–H groups in total. The number of hydrogen-bond acceptors (Lipinski definition) is 6. The number of ether oxygens (including phenoxy) is 1. The van der Waals surface area contributed by atoms with E-state index in [1.807, 2.05) is 4.90 Å². The average molecular weight is 364 g/mol. The van der Waals surface area contributed by atoms with Crippen molar-refractivity contribution in [2.45, 2.75) is 19.3 Å². The van der Waals surface area contributed by atoms with Gasteiger partial charge in [0.25, 0.3) is 0 Å². The highest BCUT2D eigenvalue weighted by atomic mass is 19.2. The van der Waals surface area contributed by atoms with Crippen molar-refractivity contribution in [2.24, 2.45) is 4.99 Å². The number of halogens is 2. The van der Waals surface area contributed by atoms with Gasteiger partial charge in [0.05, 0.1) is 13.2 Å². The lowest BCUT2D eigenvalue weighted by molar-refractivity contribution is -0.117. The lowest BCUT2D eigenvalue weighted by Gasteiger charge is -2.30. The summed E-state index contributed by atoms with van der Waals surface area (Å²) in [6, 6.07) is 1.44. The van der Waals surface area contributed by atoms with E-state index in [0.717, 1.165) is 6.07 Å². The lowest BCUT2D eigenvalue weighted by Crippen LogP contribution is -2.36. The summed E-state index contributed by atoms with van der Waals surface area (Å²) in [7, 11) is 0. The molecule has 26 heavy (non-hydrogen) atoms. The number of benzene rings is 1. The van der Waals surface area contributed by atoms with Gasteiger partial charge in [-0.05, 0) is 6.07 Å². The molecule has 0 saturated carbocycles. The highest BCUT2D eigenvalue weighted by Gasteiger charge is 2.22. The fourth-order valence-electron chi connectivity index (χ4n) is 2.91. The summed E-state index contributed by atoms with van der Waals surface area (Å²) in [6.07, 6.45) is 1.14. The molecule has 1 fully saturated rings. The molecular formula is C18H18F2N2O4. The first kappa shape index (κ1) is 18.2. The van der Waals surface area contributed by atoms with Crippen molar-refractivity contribution in [2.75, 3.05) is 26.3 Å². The van der Waals surface area contributed by atoms with Crippen molar-refractivity contribution < 1.29 is 28.2 Å². The fourth-order valence-corrected chi connectivity index (χ4v) is 2.91. The van der Waals surface area contributed by atoms with Gasteiger partial charge in [0, 0.05) is 55.8 Å². The number of aliphatic imine (C=N–C) groups is 1. The Kier molecular flexibility index (Phi) is 5.41. The van der Waals surface area contributed by atoms with Crippen LogP contribution in [0.25, 0.3) is 0 Å². The predicted molar refractivity (Wildman–Crippen MR) is 88.9 cm³/mol. The fraction of sp³-hybridized carbons (Fsp3) is 0.389. The van der Waals surface area contributed by atoms with E-state index in [1.165, 1.54) is 6.08 Å². The van der Waals surface area contributed by atoms with Gasteiger partial charge in [-0.2, -0.15) is 0 Å². The van der Waals surface area contributed by atoms with Crippen LogP contribution in [-0.4, -0.2) is 53.6 Å². The highest BCUT2D eigenvalue weighted by Crippen LogP contribution is 2.23. The maximum absolute atomic E-state index is 13.3. The van der Waals surface area contributed by atoms with E-state index in [-0.39, 0.29) is 36.4 Å². The van der Waals surface area contributed by atoms with Crippen LogP contribution in [0.15, 0.2) is 29.0 Å². The van der Waals surface area contributed by atoms with Crippen LogP contribution in [0.4, 0.5) is 8.78 Å². The Morgan fingerprint density at radius 2 is 1.88 bits per heavy atom. The maximum Gasteiger partial charge on any atom is 0.164 e. The molecule has 0 aromatic heterocycles. The smallest absolute Gasteiger partial charge is 0.164 e. The van der Waals surface area contributed by atoms with Gasteiger partial charge in [-0.3, -0.25) is 9.59 Å². The van der Waals surface area contributed by atoms with E-state index in [2.05, 4.69) is 4.99 Å². The number of carbonyl (C=O) groups is 2. The molecule has 0 spiro atoms. The number of morpholine rings is 1. The Hall–Kier alpha value is -2.61. The quantitative estimate of drug-likeness (QED) is 0.861. The number of allylic oxidation sites excluding steroid dienone is 1. The average Bonchev–Trinajstić information content (AvgIpc) is 2.60. The summed E-state index contributed by atoms with van der Waals surface area (Å²) in [5.74, 6) is -2.76. The van der Waals surface area contributed by atoms with Crippen LogP contribution in [0.3, 0.4) is 0 Å². The number of rotatable bonds is 5. The summed E-state index contributed by atoms with van der Waals surface area (Å²) in [5.41, 5.74) is 0.423. The molecule has 0 amide bonds. The third-order valence-electron chi connectivity index (χ3n) is 4.19. The second-order valence-corrected chi connectivity index (χ2v) is 6.21. The summed E-state index contributed by atoms with van der Waals surface area (Å²) in [5, 5.41) is 9.65. The molecule has 8 heteroatoms. The van der Waals surface area contributed by atoms with Gasteiger partial charge in [0.1, 0.15) is 17.4 Å². The Bertz CT molecular complexity index is 799. The van der Waals surface area contributed by atoms with E-state index >= 15 is 0 Å². The highest BCUT2D eigenvalue weighted by molar-refractivity contribution is 6.14. The van der Waals surface area contributed by atoms with Crippen LogP contribution in [-0.2, 0) is 20.7 Å². The maximum atomic E-state index is 13.3. The number of phenols is 1. The minimum absolute atomic E-state index is 0.000538. The first-order chi connectivity index (χ1) is 12.4. The first-order valence-electron chi connectivity index (χ1n) is 8.24. The van der Waals surface area contributed by atoms with Gasteiger partial charge in [0.15, 0.2) is 17.4 Å². The van der Waals surface area contributed by atoms with Crippen molar-refractivity contribution in [3.05, 3.63) is 41.2 Å². The van der Waals surface area contributed by atoms with Crippen molar-refractivity contribution in [3.63, 3.8) is 0 Å². The molecule has 0 bridgehead atoms. The van der Waals surface area contributed by atoms with E-state index in [1.54, 1.807) is 0 Å². The Morgan fingerprint density at radius 3 is 2.62 bits per heavy atom. The number of carbonyl (C=O) groups excluding carboxylic acids is 2. The summed E-state index contributed by atoms with van der Waals surface area (Å²) in [4.78, 5) is 30.5. The van der Waals surface area contributed by atoms with E-state index < -0.39 is 17.4 Å². The van der Waals surface area contributed by atoms with Crippen LogP contribution < -0.4 is 0 Å². The van der Waals surface area contributed by atoms with Crippen LogP contribution >= 0.6 is 0 Å². The van der Waals surface area contributed by atoms with Gasteiger partial charge in [-0.15, -0.1) is 0 Å².